The Bertz CT molecular complexity index is 1380. The molecule has 2 atom stereocenters. The number of halogens is 1. The van der Waals surface area contributed by atoms with E-state index in [4.69, 9.17) is 27.5 Å². The van der Waals surface area contributed by atoms with Gasteiger partial charge in [0.05, 0.1) is 16.8 Å². The zero-order valence-electron chi connectivity index (χ0n) is 24.4. The van der Waals surface area contributed by atoms with E-state index < -0.39 is 53.7 Å². The molecule has 240 valence electrons. The van der Waals surface area contributed by atoms with Crippen LogP contribution in [-0.4, -0.2) is 80.1 Å². The molecule has 1 aromatic heterocycles. The van der Waals surface area contributed by atoms with Gasteiger partial charge in [0, 0.05) is 35.6 Å². The molecule has 15 nitrogen and oxygen atoms in total. The molecule has 0 radical (unpaired) electrons. The molecule has 44 heavy (non-hydrogen) atoms. The van der Waals surface area contributed by atoms with Gasteiger partial charge >= 0.3 is 11.9 Å². The largest absolute Gasteiger partial charge is 0.480 e. The van der Waals surface area contributed by atoms with Gasteiger partial charge in [0.25, 0.3) is 5.91 Å². The third-order valence-corrected chi connectivity index (χ3v) is 7.29. The molecule has 0 unspecified atom stereocenters. The standard InChI is InChI=1S/C27H36ClN7O8S/c1-27(2,3)25(43)31-9-14-4-5-17(28)16(8-14)22(39)35-26-32-10-15(33-26)12-44-13-19(23(40)30-11-21(37)38)34-20(36)7-6-18(29)24(41)42/h4-5,8,10,18-19H,6-7,9,11-13,29H2,1-3H3,(H,30,40)(H,31,43)(H,34,36)(H,37,38)(H,41,42)(H2,32,33,35,39)/t18-,19-/m0/s1. The predicted octanol–water partition coefficient (Wildman–Crippen LogP) is 1.09. The number of aromatic nitrogens is 2. The Kier molecular flexibility index (Phi) is 13.6. The van der Waals surface area contributed by atoms with Gasteiger partial charge in [-0.25, -0.2) is 4.98 Å². The van der Waals surface area contributed by atoms with E-state index in [1.807, 2.05) is 0 Å². The lowest BCUT2D eigenvalue weighted by Gasteiger charge is -2.18. The van der Waals surface area contributed by atoms with Crippen molar-refractivity contribution in [1.82, 2.24) is 25.9 Å². The van der Waals surface area contributed by atoms with Crippen LogP contribution in [0.25, 0.3) is 0 Å². The van der Waals surface area contributed by atoms with Crippen LogP contribution in [0.2, 0.25) is 5.02 Å². The van der Waals surface area contributed by atoms with Crippen molar-refractivity contribution >= 4 is 64.9 Å². The summed E-state index contributed by atoms with van der Waals surface area (Å²) >= 11 is 7.45. The van der Waals surface area contributed by atoms with Gasteiger partial charge in [0.1, 0.15) is 18.6 Å². The zero-order valence-corrected chi connectivity index (χ0v) is 25.9. The Morgan fingerprint density at radius 2 is 1.82 bits per heavy atom. The first kappa shape index (κ1) is 36.0. The number of nitrogens with zero attached hydrogens (tertiary/aromatic N) is 1. The lowest BCUT2D eigenvalue weighted by atomic mass is 9.95. The number of rotatable bonds is 16. The van der Waals surface area contributed by atoms with Crippen LogP contribution < -0.4 is 27.0 Å². The minimum atomic E-state index is -1.27. The number of hydrogen-bond donors (Lipinski definition) is 8. The van der Waals surface area contributed by atoms with Crippen LogP contribution in [0, 0.1) is 5.41 Å². The molecule has 2 rings (SSSR count). The number of carboxylic acids is 2. The van der Waals surface area contributed by atoms with Crippen molar-refractivity contribution in [2.45, 2.75) is 58.0 Å². The van der Waals surface area contributed by atoms with Gasteiger partial charge in [-0.15, -0.1) is 0 Å². The van der Waals surface area contributed by atoms with Crippen LogP contribution in [-0.2, 0) is 36.3 Å². The van der Waals surface area contributed by atoms with Crippen molar-refractivity contribution in [3.8, 4) is 0 Å². The first-order chi connectivity index (χ1) is 20.6. The average molecular weight is 654 g/mol. The number of amides is 4. The Balaban J connectivity index is 1.97. The Labute approximate surface area is 262 Å². The quantitative estimate of drug-likeness (QED) is 0.127. The van der Waals surface area contributed by atoms with E-state index in [1.165, 1.54) is 18.0 Å². The highest BCUT2D eigenvalue weighted by molar-refractivity contribution is 7.98. The minimum Gasteiger partial charge on any atom is -0.480 e. The van der Waals surface area contributed by atoms with Gasteiger partial charge in [-0.1, -0.05) is 38.4 Å². The molecule has 0 saturated heterocycles. The summed E-state index contributed by atoms with van der Waals surface area (Å²) in [5, 5.41) is 28.0. The van der Waals surface area contributed by atoms with Crippen LogP contribution in [0.5, 0.6) is 0 Å². The van der Waals surface area contributed by atoms with Crippen LogP contribution in [0.3, 0.4) is 0 Å². The molecule has 0 bridgehead atoms. The second-order valence-corrected chi connectivity index (χ2v) is 12.1. The lowest BCUT2D eigenvalue weighted by molar-refractivity contribution is -0.139. The van der Waals surface area contributed by atoms with Crippen molar-refractivity contribution in [2.24, 2.45) is 11.1 Å². The van der Waals surface area contributed by atoms with E-state index in [0.29, 0.717) is 11.3 Å². The second-order valence-electron chi connectivity index (χ2n) is 10.7. The number of imidazole rings is 1. The third kappa shape index (κ3) is 12.2. The molecule has 0 fully saturated rings. The monoisotopic (exact) mass is 653 g/mol. The van der Waals surface area contributed by atoms with Gasteiger partial charge < -0.3 is 36.9 Å². The van der Waals surface area contributed by atoms with E-state index in [-0.39, 0.29) is 53.3 Å². The summed E-state index contributed by atoms with van der Waals surface area (Å²) in [7, 11) is 0. The van der Waals surface area contributed by atoms with Gasteiger partial charge in [0.15, 0.2) is 0 Å². The molecule has 0 saturated carbocycles. The molecule has 1 heterocycles. The first-order valence-electron chi connectivity index (χ1n) is 13.3. The van der Waals surface area contributed by atoms with E-state index in [9.17, 15) is 28.8 Å². The molecule has 4 amide bonds. The highest BCUT2D eigenvalue weighted by Gasteiger charge is 2.23. The van der Waals surface area contributed by atoms with E-state index in [2.05, 4.69) is 31.2 Å². The number of thioether (sulfide) groups is 1. The average Bonchev–Trinajstić information content (AvgIpc) is 3.39. The van der Waals surface area contributed by atoms with Crippen molar-refractivity contribution in [3.63, 3.8) is 0 Å². The maximum absolute atomic E-state index is 12.9. The van der Waals surface area contributed by atoms with Gasteiger partial charge in [-0.2, -0.15) is 11.8 Å². The summed E-state index contributed by atoms with van der Waals surface area (Å²) in [6.45, 7) is 4.93. The summed E-state index contributed by atoms with van der Waals surface area (Å²) in [5.41, 5.74) is 6.26. The summed E-state index contributed by atoms with van der Waals surface area (Å²) < 4.78 is 0. The topological polar surface area (TPSA) is 246 Å². The molecule has 0 aliphatic carbocycles. The van der Waals surface area contributed by atoms with Gasteiger partial charge in [-0.3, -0.25) is 34.1 Å². The third-order valence-electron chi connectivity index (χ3n) is 5.88. The smallest absolute Gasteiger partial charge is 0.322 e. The van der Waals surface area contributed by atoms with Crippen molar-refractivity contribution in [1.29, 1.82) is 0 Å². The highest BCUT2D eigenvalue weighted by Crippen LogP contribution is 2.20. The minimum absolute atomic E-state index is 0.0387. The van der Waals surface area contributed by atoms with Crippen molar-refractivity contribution < 1.29 is 39.0 Å². The lowest BCUT2D eigenvalue weighted by Crippen LogP contribution is -2.49. The maximum Gasteiger partial charge on any atom is 0.322 e. The number of carbonyl (C=O) groups excluding carboxylic acids is 4. The summed E-state index contributed by atoms with van der Waals surface area (Å²) in [6.07, 6.45) is 1.07. The molecule has 0 spiro atoms. The molecule has 0 aliphatic rings. The number of carboxylic acid groups (broad SMARTS) is 2. The predicted molar refractivity (Wildman–Crippen MR) is 163 cm³/mol. The van der Waals surface area contributed by atoms with Crippen LogP contribution in [0.15, 0.2) is 24.4 Å². The van der Waals surface area contributed by atoms with Crippen LogP contribution in [0.4, 0.5) is 5.95 Å². The molecular formula is C27H36ClN7O8S. The number of aromatic amines is 1. The number of nitrogens with two attached hydrogens (primary N) is 1. The number of benzene rings is 1. The molecule has 1 aromatic carbocycles. The number of anilines is 1. The first-order valence-corrected chi connectivity index (χ1v) is 14.9. The Morgan fingerprint density at radius 1 is 1.11 bits per heavy atom. The number of nitrogens with one attached hydrogen (secondary N) is 5. The van der Waals surface area contributed by atoms with E-state index >= 15 is 0 Å². The SMILES string of the molecule is CC(C)(C)C(=O)NCc1ccc(Cl)c(C(=O)Nc2ncc(CSC[C@H](NC(=O)CC[C@H](N)C(=O)O)C(=O)NCC(=O)O)[nH]2)c1. The molecule has 9 N–H and O–H groups in total. The van der Waals surface area contributed by atoms with Crippen molar-refractivity contribution in [3.05, 3.63) is 46.2 Å². The van der Waals surface area contributed by atoms with Crippen LogP contribution in [0.1, 0.15) is 55.2 Å². The van der Waals surface area contributed by atoms with Crippen LogP contribution >= 0.6 is 23.4 Å². The fourth-order valence-electron chi connectivity index (χ4n) is 3.41. The fraction of sp³-hybridized carbons (Fsp3) is 0.444. The Morgan fingerprint density at radius 3 is 2.45 bits per heavy atom. The normalized spacial score (nSPS) is 12.5. The van der Waals surface area contributed by atoms with Gasteiger partial charge in [0.2, 0.25) is 23.7 Å². The zero-order chi connectivity index (χ0) is 33.0. The number of aliphatic carboxylic acids is 2. The summed E-state index contributed by atoms with van der Waals surface area (Å²) in [6, 6.07) is 2.47. The second kappa shape index (κ2) is 16.6. The number of hydrogen-bond acceptors (Lipinski definition) is 9. The maximum atomic E-state index is 12.9. The molecule has 17 heteroatoms. The van der Waals surface area contributed by atoms with Gasteiger partial charge in [-0.05, 0) is 24.1 Å². The Hall–Kier alpha value is -4.15. The summed E-state index contributed by atoms with van der Waals surface area (Å²) in [5.74, 6) is -4.12. The molecule has 0 aliphatic heterocycles. The molecule has 2 aromatic rings. The van der Waals surface area contributed by atoms with E-state index in [0.717, 1.165) is 0 Å². The van der Waals surface area contributed by atoms with E-state index in [1.54, 1.807) is 39.0 Å². The number of H-pyrrole nitrogens is 1. The fourth-order valence-corrected chi connectivity index (χ4v) is 4.57. The number of carbonyl (C=O) groups is 6. The summed E-state index contributed by atoms with van der Waals surface area (Å²) in [4.78, 5) is 78.6. The van der Waals surface area contributed by atoms with Crippen molar-refractivity contribution in [2.75, 3.05) is 17.6 Å². The highest BCUT2D eigenvalue weighted by atomic mass is 35.5. The molecular weight excluding hydrogens is 618 g/mol.